The molecule has 2 aliphatic rings. The summed E-state index contributed by atoms with van der Waals surface area (Å²) >= 11 is 0. The first-order valence-electron chi connectivity index (χ1n) is 6.26. The highest BCUT2D eigenvalue weighted by atomic mass is 16.1. The van der Waals surface area contributed by atoms with Gasteiger partial charge in [0.15, 0.2) is 0 Å². The van der Waals surface area contributed by atoms with Crippen molar-refractivity contribution in [3.63, 3.8) is 0 Å². The average Bonchev–Trinajstić information content (AvgIpc) is 2.74. The van der Waals surface area contributed by atoms with Crippen molar-refractivity contribution in [1.82, 2.24) is 0 Å². The summed E-state index contributed by atoms with van der Waals surface area (Å²) in [5, 5.41) is 0. The fourth-order valence-corrected chi connectivity index (χ4v) is 4.00. The Kier molecular flexibility index (Phi) is 2.98. The van der Waals surface area contributed by atoms with Crippen molar-refractivity contribution in [3.8, 4) is 0 Å². The van der Waals surface area contributed by atoms with Crippen LogP contribution in [-0.4, -0.2) is 16.8 Å². The van der Waals surface area contributed by atoms with Crippen LogP contribution in [0.3, 0.4) is 0 Å². The first kappa shape index (κ1) is 11.5. The first-order chi connectivity index (χ1) is 7.55. The van der Waals surface area contributed by atoms with Crippen molar-refractivity contribution < 1.29 is 9.58 Å². The summed E-state index contributed by atoms with van der Waals surface area (Å²) in [6.45, 7) is 4.71. The molecule has 2 fully saturated rings. The van der Waals surface area contributed by atoms with Crippen LogP contribution in [0.15, 0.2) is 0 Å². The van der Waals surface area contributed by atoms with Crippen LogP contribution in [0.25, 0.3) is 5.53 Å². The highest BCUT2D eigenvalue weighted by molar-refractivity contribution is 6.25. The van der Waals surface area contributed by atoms with Crippen molar-refractivity contribution in [3.05, 3.63) is 5.53 Å². The van der Waals surface area contributed by atoms with Crippen LogP contribution in [0.2, 0.25) is 0 Å². The van der Waals surface area contributed by atoms with E-state index in [4.69, 9.17) is 5.53 Å². The molecule has 3 heteroatoms. The maximum Gasteiger partial charge on any atom is 0.323 e. The molecule has 2 aliphatic carbocycles. The molecule has 16 heavy (non-hydrogen) atoms. The Morgan fingerprint density at radius 3 is 2.81 bits per heavy atom. The van der Waals surface area contributed by atoms with E-state index in [2.05, 4.69) is 18.6 Å². The minimum absolute atomic E-state index is 0.0546. The third-order valence-corrected chi connectivity index (χ3v) is 4.95. The predicted octanol–water partition coefficient (Wildman–Crippen LogP) is 2.71. The number of carbonyl (C=O) groups is 1. The number of nitrogens with zero attached hydrogens (tertiary/aromatic N) is 2. The van der Waals surface area contributed by atoms with Crippen LogP contribution in [0.5, 0.6) is 0 Å². The van der Waals surface area contributed by atoms with Gasteiger partial charge in [-0.25, -0.2) is 0 Å². The lowest BCUT2D eigenvalue weighted by Gasteiger charge is -2.38. The number of Topliss-reactive ketones (excluding diaryl/α,β-unsaturated/α-hetero) is 1. The van der Waals surface area contributed by atoms with Crippen LogP contribution < -0.4 is 0 Å². The molecule has 0 saturated heterocycles. The zero-order chi connectivity index (χ0) is 11.8. The number of ketones is 1. The largest absolute Gasteiger partial charge is 0.361 e. The van der Waals surface area contributed by atoms with Crippen molar-refractivity contribution in [2.75, 3.05) is 0 Å². The lowest BCUT2D eigenvalue weighted by Crippen LogP contribution is -2.31. The first-order valence-corrected chi connectivity index (χ1v) is 6.26. The smallest absolute Gasteiger partial charge is 0.323 e. The Morgan fingerprint density at radius 2 is 2.25 bits per heavy atom. The van der Waals surface area contributed by atoms with E-state index in [0.717, 1.165) is 24.5 Å². The van der Waals surface area contributed by atoms with Gasteiger partial charge in [0.1, 0.15) is 0 Å². The summed E-state index contributed by atoms with van der Waals surface area (Å²) in [4.78, 5) is 14.1. The minimum Gasteiger partial charge on any atom is -0.361 e. The van der Waals surface area contributed by atoms with Crippen LogP contribution in [0.4, 0.5) is 0 Å². The second-order valence-electron chi connectivity index (χ2n) is 5.95. The fraction of sp³-hybridized carbons (Fsp3) is 0.846. The van der Waals surface area contributed by atoms with Gasteiger partial charge in [0, 0.05) is 6.42 Å². The molecule has 3 nitrogen and oxygen atoms in total. The molecule has 2 saturated carbocycles. The summed E-state index contributed by atoms with van der Waals surface area (Å²) in [5.74, 6) is 2.33. The normalized spacial score (nSPS) is 34.8. The van der Waals surface area contributed by atoms with Gasteiger partial charge in [-0.15, -0.1) is 0 Å². The molecule has 0 aromatic rings. The van der Waals surface area contributed by atoms with Gasteiger partial charge in [-0.2, -0.15) is 4.79 Å². The quantitative estimate of drug-likeness (QED) is 0.408. The molecule has 0 aromatic carbocycles. The van der Waals surface area contributed by atoms with Crippen molar-refractivity contribution in [2.24, 2.45) is 23.2 Å². The summed E-state index contributed by atoms with van der Waals surface area (Å²) in [6.07, 6.45) is 6.60. The van der Waals surface area contributed by atoms with Crippen LogP contribution in [0, 0.1) is 23.2 Å². The van der Waals surface area contributed by atoms with E-state index in [1.165, 1.54) is 19.3 Å². The summed E-state index contributed by atoms with van der Waals surface area (Å²) in [5.41, 5.74) is 8.69. The molecule has 0 heterocycles. The lowest BCUT2D eigenvalue weighted by molar-refractivity contribution is -0.116. The molecule has 3 atom stereocenters. The van der Waals surface area contributed by atoms with Crippen LogP contribution >= 0.6 is 0 Å². The van der Waals surface area contributed by atoms with Gasteiger partial charge in [-0.3, -0.25) is 4.79 Å². The highest BCUT2D eigenvalue weighted by Crippen LogP contribution is 2.60. The number of hydrogen-bond donors (Lipinski definition) is 0. The van der Waals surface area contributed by atoms with E-state index in [9.17, 15) is 4.79 Å². The molecule has 0 aliphatic heterocycles. The average molecular weight is 220 g/mol. The second-order valence-corrected chi connectivity index (χ2v) is 5.95. The summed E-state index contributed by atoms with van der Waals surface area (Å²) in [7, 11) is 0. The van der Waals surface area contributed by atoms with Crippen molar-refractivity contribution in [2.45, 2.75) is 46.0 Å². The van der Waals surface area contributed by atoms with Gasteiger partial charge in [0.05, 0.1) is 0 Å². The standard InChI is InChI=1S/C13H20N2O/c1-13(2)10-4-3-9(7-10)12(13)6-5-11(16)8-15-14/h8-10,12H,3-7H2,1-2H3/t9-,10+,12+/m0/s1. The van der Waals surface area contributed by atoms with E-state index in [-0.39, 0.29) is 5.78 Å². The van der Waals surface area contributed by atoms with Crippen LogP contribution in [0.1, 0.15) is 46.0 Å². The molecule has 0 amide bonds. The molecule has 0 radical (unpaired) electrons. The molecular formula is C13H20N2O. The van der Waals surface area contributed by atoms with Gasteiger partial charge in [-0.1, -0.05) is 13.8 Å². The van der Waals surface area contributed by atoms with Crippen molar-refractivity contribution in [1.29, 1.82) is 0 Å². The Labute approximate surface area is 96.9 Å². The summed E-state index contributed by atoms with van der Waals surface area (Å²) < 4.78 is 0. The van der Waals surface area contributed by atoms with Gasteiger partial charge >= 0.3 is 6.21 Å². The molecular weight excluding hydrogens is 200 g/mol. The third kappa shape index (κ3) is 1.84. The Hall–Kier alpha value is -0.950. The van der Waals surface area contributed by atoms with Crippen molar-refractivity contribution >= 4 is 12.0 Å². The van der Waals surface area contributed by atoms with Gasteiger partial charge in [-0.05, 0) is 48.9 Å². The van der Waals surface area contributed by atoms with E-state index in [1.807, 2.05) is 0 Å². The van der Waals surface area contributed by atoms with E-state index >= 15 is 0 Å². The van der Waals surface area contributed by atoms with Gasteiger partial charge in [0.2, 0.25) is 5.78 Å². The monoisotopic (exact) mass is 220 g/mol. The Bertz CT molecular complexity index is 342. The topological polar surface area (TPSA) is 53.5 Å². The number of fused-ring (bicyclic) bond motifs is 2. The minimum atomic E-state index is -0.0546. The fourth-order valence-electron chi connectivity index (χ4n) is 4.00. The predicted molar refractivity (Wildman–Crippen MR) is 62.0 cm³/mol. The molecule has 0 aromatic heterocycles. The zero-order valence-electron chi connectivity index (χ0n) is 10.1. The number of carbonyl (C=O) groups excluding carboxylic acids is 1. The van der Waals surface area contributed by atoms with Crippen LogP contribution in [-0.2, 0) is 4.79 Å². The SMILES string of the molecule is CC1(C)[C@@H]2CC[C@@H](C2)[C@H]1CCC(=O)C=[N+]=[N-]. The van der Waals surface area contributed by atoms with Gasteiger partial charge < -0.3 is 5.53 Å². The van der Waals surface area contributed by atoms with E-state index in [1.54, 1.807) is 0 Å². The zero-order valence-corrected chi connectivity index (χ0v) is 10.1. The van der Waals surface area contributed by atoms with E-state index in [0.29, 0.717) is 17.8 Å². The highest BCUT2D eigenvalue weighted by Gasteiger charge is 2.51. The lowest BCUT2D eigenvalue weighted by atomic mass is 9.67. The van der Waals surface area contributed by atoms with Gasteiger partial charge in [0.25, 0.3) is 0 Å². The molecule has 2 bridgehead atoms. The maximum atomic E-state index is 11.3. The molecule has 0 N–H and O–H groups in total. The molecule has 0 spiro atoms. The number of hydrogen-bond acceptors (Lipinski definition) is 1. The summed E-state index contributed by atoms with van der Waals surface area (Å²) in [6, 6.07) is 0. The molecule has 0 unspecified atom stereocenters. The Morgan fingerprint density at radius 1 is 1.50 bits per heavy atom. The second kappa shape index (κ2) is 4.14. The molecule has 88 valence electrons. The molecule has 2 rings (SSSR count). The number of rotatable bonds is 4. The maximum absolute atomic E-state index is 11.3. The van der Waals surface area contributed by atoms with E-state index < -0.39 is 0 Å². The third-order valence-electron chi connectivity index (χ3n) is 4.95. The Balaban J connectivity index is 1.95.